The molecule has 160 valence electrons. The Morgan fingerprint density at radius 1 is 0.903 bits per heavy atom. The molecule has 1 aliphatic rings. The minimum Gasteiger partial charge on any atom is -0.497 e. The number of fused-ring (bicyclic) bond motifs is 1. The summed E-state index contributed by atoms with van der Waals surface area (Å²) >= 11 is 0. The van der Waals surface area contributed by atoms with E-state index in [9.17, 15) is 13.2 Å². The standard InChI is InChI=1S/C24H21F3N2O2/c1-15-4-8-17(9-5-15)23(24(25,26)27)29-22(28-18-10-6-16(2)7-11-18)20-13-12-19(30-3)14-21(20)31-23/h4-14H,1-3H3,(H,28,29). The molecular weight excluding hydrogens is 405 g/mol. The van der Waals surface area contributed by atoms with Gasteiger partial charge in [0.25, 0.3) is 0 Å². The molecule has 7 heteroatoms. The van der Waals surface area contributed by atoms with Gasteiger partial charge in [0, 0.05) is 17.3 Å². The summed E-state index contributed by atoms with van der Waals surface area (Å²) in [5.74, 6) is 0.475. The van der Waals surface area contributed by atoms with Crippen molar-refractivity contribution in [1.29, 1.82) is 0 Å². The van der Waals surface area contributed by atoms with Crippen LogP contribution >= 0.6 is 0 Å². The van der Waals surface area contributed by atoms with Crippen LogP contribution in [0.2, 0.25) is 0 Å². The number of nitrogens with zero attached hydrogens (tertiary/aromatic N) is 1. The van der Waals surface area contributed by atoms with Gasteiger partial charge in [0.15, 0.2) is 0 Å². The molecule has 1 atom stereocenters. The number of rotatable bonds is 3. The highest BCUT2D eigenvalue weighted by Crippen LogP contribution is 2.48. The Morgan fingerprint density at radius 2 is 1.52 bits per heavy atom. The van der Waals surface area contributed by atoms with Gasteiger partial charge >= 0.3 is 11.9 Å². The fraction of sp³-hybridized carbons (Fsp3) is 0.208. The number of aliphatic imine (C=N–C) groups is 1. The van der Waals surface area contributed by atoms with Crippen molar-refractivity contribution in [3.8, 4) is 11.5 Å². The number of hydrogen-bond donors (Lipinski definition) is 1. The number of hydrogen-bond acceptors (Lipinski definition) is 4. The van der Waals surface area contributed by atoms with Crippen LogP contribution in [-0.4, -0.2) is 19.1 Å². The molecule has 0 amide bonds. The maximum absolute atomic E-state index is 14.5. The van der Waals surface area contributed by atoms with E-state index in [4.69, 9.17) is 9.47 Å². The normalized spacial score (nSPS) is 17.9. The van der Waals surface area contributed by atoms with Gasteiger partial charge in [0.1, 0.15) is 17.3 Å². The second kappa shape index (κ2) is 7.65. The molecule has 1 aliphatic heterocycles. The van der Waals surface area contributed by atoms with Crippen LogP contribution in [-0.2, 0) is 5.72 Å². The summed E-state index contributed by atoms with van der Waals surface area (Å²) in [5.41, 5.74) is -0.105. The lowest BCUT2D eigenvalue weighted by Crippen LogP contribution is -2.49. The Morgan fingerprint density at radius 3 is 2.10 bits per heavy atom. The number of ether oxygens (including phenoxy) is 2. The number of anilines is 1. The molecule has 0 radical (unpaired) electrons. The summed E-state index contributed by atoms with van der Waals surface area (Å²) in [6, 6.07) is 18.0. The number of methoxy groups -OCH3 is 1. The van der Waals surface area contributed by atoms with Crippen molar-refractivity contribution in [2.45, 2.75) is 25.7 Å². The molecule has 0 fully saturated rings. The van der Waals surface area contributed by atoms with E-state index in [-0.39, 0.29) is 17.1 Å². The largest absolute Gasteiger partial charge is 0.497 e. The minimum absolute atomic E-state index is 0.0295. The Balaban J connectivity index is 1.92. The summed E-state index contributed by atoms with van der Waals surface area (Å²) in [6.45, 7) is 3.74. The van der Waals surface area contributed by atoms with Crippen molar-refractivity contribution in [3.63, 3.8) is 0 Å². The van der Waals surface area contributed by atoms with Crippen LogP contribution in [0.15, 0.2) is 71.7 Å². The highest BCUT2D eigenvalue weighted by Gasteiger charge is 2.61. The van der Waals surface area contributed by atoms with Gasteiger partial charge in [-0.3, -0.25) is 0 Å². The predicted octanol–water partition coefficient (Wildman–Crippen LogP) is 5.98. The van der Waals surface area contributed by atoms with Crippen LogP contribution in [0.4, 0.5) is 18.9 Å². The van der Waals surface area contributed by atoms with Crippen molar-refractivity contribution >= 4 is 11.5 Å². The Labute approximate surface area is 178 Å². The van der Waals surface area contributed by atoms with Gasteiger partial charge in [-0.05, 0) is 38.1 Å². The van der Waals surface area contributed by atoms with Crippen molar-refractivity contribution in [1.82, 2.24) is 0 Å². The number of nitrogens with one attached hydrogen (secondary N) is 1. The smallest absolute Gasteiger partial charge is 0.455 e. The Bertz CT molecular complexity index is 1120. The van der Waals surface area contributed by atoms with Crippen LogP contribution in [0.25, 0.3) is 0 Å². The third-order valence-electron chi connectivity index (χ3n) is 5.11. The summed E-state index contributed by atoms with van der Waals surface area (Å²) in [4.78, 5) is 4.12. The van der Waals surface area contributed by atoms with E-state index in [0.717, 1.165) is 11.1 Å². The number of alkyl halides is 3. The van der Waals surface area contributed by atoms with Crippen molar-refractivity contribution in [3.05, 3.63) is 89.0 Å². The maximum atomic E-state index is 14.5. The van der Waals surface area contributed by atoms with E-state index in [1.807, 2.05) is 19.1 Å². The number of halogens is 3. The highest BCUT2D eigenvalue weighted by molar-refractivity contribution is 6.11. The number of benzene rings is 3. The molecule has 0 bridgehead atoms. The fourth-order valence-electron chi connectivity index (χ4n) is 3.37. The molecule has 0 spiro atoms. The molecule has 3 aromatic carbocycles. The molecular formula is C24H21F3N2O2. The zero-order valence-corrected chi connectivity index (χ0v) is 17.2. The molecule has 31 heavy (non-hydrogen) atoms. The molecule has 1 unspecified atom stereocenters. The highest BCUT2D eigenvalue weighted by atomic mass is 19.4. The topological polar surface area (TPSA) is 42.9 Å². The maximum Gasteiger partial charge on any atom is 0.455 e. The van der Waals surface area contributed by atoms with Crippen LogP contribution < -0.4 is 14.8 Å². The van der Waals surface area contributed by atoms with Gasteiger partial charge in [-0.15, -0.1) is 0 Å². The van der Waals surface area contributed by atoms with Crippen LogP contribution in [0.3, 0.4) is 0 Å². The Kier molecular flexibility index (Phi) is 5.13. The average molecular weight is 426 g/mol. The fourth-order valence-corrected chi connectivity index (χ4v) is 3.37. The van der Waals surface area contributed by atoms with Crippen molar-refractivity contribution < 1.29 is 22.6 Å². The van der Waals surface area contributed by atoms with Crippen LogP contribution in [0.1, 0.15) is 22.3 Å². The zero-order chi connectivity index (χ0) is 22.2. The molecule has 4 rings (SSSR count). The lowest BCUT2D eigenvalue weighted by Gasteiger charge is -2.37. The first-order valence-corrected chi connectivity index (χ1v) is 9.67. The first-order chi connectivity index (χ1) is 14.7. The monoisotopic (exact) mass is 426 g/mol. The van der Waals surface area contributed by atoms with Gasteiger partial charge in [-0.1, -0.05) is 47.5 Å². The van der Waals surface area contributed by atoms with E-state index in [1.54, 1.807) is 43.3 Å². The van der Waals surface area contributed by atoms with Gasteiger partial charge in [0.05, 0.1) is 12.7 Å². The van der Waals surface area contributed by atoms with E-state index in [1.165, 1.54) is 25.3 Å². The third kappa shape index (κ3) is 3.83. The van der Waals surface area contributed by atoms with Crippen LogP contribution in [0, 0.1) is 13.8 Å². The van der Waals surface area contributed by atoms with Gasteiger partial charge in [0.2, 0.25) is 0 Å². The van der Waals surface area contributed by atoms with E-state index in [0.29, 0.717) is 17.0 Å². The molecule has 1 heterocycles. The molecule has 4 nitrogen and oxygen atoms in total. The SMILES string of the molecule is COc1ccc2c(c1)OC(c1ccc(C)cc1)(C(F)(F)F)N=C2Nc1ccc(C)cc1. The van der Waals surface area contributed by atoms with Crippen molar-refractivity contribution in [2.75, 3.05) is 12.4 Å². The first kappa shape index (κ1) is 20.8. The summed E-state index contributed by atoms with van der Waals surface area (Å²) in [6.07, 6.45) is -4.82. The van der Waals surface area contributed by atoms with E-state index >= 15 is 0 Å². The summed E-state index contributed by atoms with van der Waals surface area (Å²) in [7, 11) is 1.45. The quantitative estimate of drug-likeness (QED) is 0.560. The zero-order valence-electron chi connectivity index (χ0n) is 17.2. The predicted molar refractivity (Wildman–Crippen MR) is 114 cm³/mol. The second-order valence-corrected chi connectivity index (χ2v) is 7.42. The summed E-state index contributed by atoms with van der Waals surface area (Å²) < 4.78 is 54.4. The van der Waals surface area contributed by atoms with E-state index in [2.05, 4.69) is 10.3 Å². The van der Waals surface area contributed by atoms with Crippen LogP contribution in [0.5, 0.6) is 11.5 Å². The van der Waals surface area contributed by atoms with Crippen molar-refractivity contribution in [2.24, 2.45) is 4.99 Å². The minimum atomic E-state index is -4.82. The van der Waals surface area contributed by atoms with E-state index < -0.39 is 11.9 Å². The van der Waals surface area contributed by atoms with Gasteiger partial charge < -0.3 is 14.8 Å². The summed E-state index contributed by atoms with van der Waals surface area (Å²) in [5, 5.41) is 3.04. The average Bonchev–Trinajstić information content (AvgIpc) is 2.74. The van der Waals surface area contributed by atoms with Gasteiger partial charge in [-0.2, -0.15) is 13.2 Å². The molecule has 3 aromatic rings. The molecule has 0 aromatic heterocycles. The second-order valence-electron chi connectivity index (χ2n) is 7.42. The molecule has 0 saturated carbocycles. The molecule has 0 aliphatic carbocycles. The Hall–Kier alpha value is -3.48. The lowest BCUT2D eigenvalue weighted by molar-refractivity contribution is -0.252. The third-order valence-corrected chi connectivity index (χ3v) is 5.11. The first-order valence-electron chi connectivity index (χ1n) is 9.67. The van der Waals surface area contributed by atoms with Gasteiger partial charge in [-0.25, -0.2) is 4.99 Å². The number of amidine groups is 1. The lowest BCUT2D eigenvalue weighted by atomic mass is 9.98. The molecule has 1 N–H and O–H groups in total. The molecule has 0 saturated heterocycles. The number of aryl methyl sites for hydroxylation is 2.